The van der Waals surface area contributed by atoms with Crippen LogP contribution in [-0.2, 0) is 19.4 Å². The third-order valence-corrected chi connectivity index (χ3v) is 4.69. The first-order chi connectivity index (χ1) is 11.0. The summed E-state index contributed by atoms with van der Waals surface area (Å²) in [6.07, 6.45) is 5.05. The zero-order chi connectivity index (χ0) is 16.0. The lowest BCUT2D eigenvalue weighted by Gasteiger charge is -2.31. The van der Waals surface area contributed by atoms with E-state index in [9.17, 15) is 4.79 Å². The lowest BCUT2D eigenvalue weighted by Crippen LogP contribution is -2.45. The largest absolute Gasteiger partial charge is 0.484 e. The predicted octanol–water partition coefficient (Wildman–Crippen LogP) is 2.35. The third kappa shape index (κ3) is 2.60. The summed E-state index contributed by atoms with van der Waals surface area (Å²) in [4.78, 5) is 15.3. The molecule has 0 unspecified atom stereocenters. The van der Waals surface area contributed by atoms with Gasteiger partial charge in [-0.25, -0.2) is 0 Å². The molecular formula is C18H20N2O3. The van der Waals surface area contributed by atoms with E-state index in [-0.39, 0.29) is 11.7 Å². The lowest BCUT2D eigenvalue weighted by molar-refractivity contribution is -0.00463. The van der Waals surface area contributed by atoms with E-state index in [0.717, 1.165) is 12.2 Å². The maximum atomic E-state index is 11.3. The molecule has 1 atom stereocenters. The van der Waals surface area contributed by atoms with Crippen molar-refractivity contribution in [2.24, 2.45) is 0 Å². The van der Waals surface area contributed by atoms with Crippen LogP contribution >= 0.6 is 0 Å². The Kier molecular flexibility index (Phi) is 3.18. The van der Waals surface area contributed by atoms with Gasteiger partial charge < -0.3 is 9.47 Å². The molecule has 23 heavy (non-hydrogen) atoms. The number of aryl methyl sites for hydroxylation is 2. The van der Waals surface area contributed by atoms with E-state index in [1.807, 2.05) is 24.5 Å². The van der Waals surface area contributed by atoms with Gasteiger partial charge >= 0.3 is 0 Å². The van der Waals surface area contributed by atoms with Crippen molar-refractivity contribution in [2.75, 3.05) is 0 Å². The van der Waals surface area contributed by atoms with Crippen molar-refractivity contribution in [1.82, 2.24) is 9.55 Å². The monoisotopic (exact) mass is 312 g/mol. The van der Waals surface area contributed by atoms with E-state index in [4.69, 9.17) is 9.47 Å². The van der Waals surface area contributed by atoms with Gasteiger partial charge in [-0.05, 0) is 56.4 Å². The predicted molar refractivity (Wildman–Crippen MR) is 86.1 cm³/mol. The Morgan fingerprint density at radius 3 is 2.96 bits per heavy atom. The van der Waals surface area contributed by atoms with Crippen molar-refractivity contribution in [2.45, 2.75) is 51.4 Å². The normalized spacial score (nSPS) is 19.1. The Labute approximate surface area is 134 Å². The average molecular weight is 312 g/mol. The van der Waals surface area contributed by atoms with Gasteiger partial charge in [0.2, 0.25) is 0 Å². The van der Waals surface area contributed by atoms with Gasteiger partial charge in [0.25, 0.3) is 11.6 Å². The van der Waals surface area contributed by atoms with Gasteiger partial charge in [-0.1, -0.05) is 6.07 Å². The number of rotatable bonds is 3. The van der Waals surface area contributed by atoms with Crippen LogP contribution in [0.4, 0.5) is 0 Å². The molecule has 4 rings (SSSR count). The van der Waals surface area contributed by atoms with Crippen LogP contribution in [0.3, 0.4) is 0 Å². The highest BCUT2D eigenvalue weighted by Crippen LogP contribution is 2.31. The summed E-state index contributed by atoms with van der Waals surface area (Å²) in [6, 6.07) is 8.16. The van der Waals surface area contributed by atoms with E-state index < -0.39 is 5.60 Å². The van der Waals surface area contributed by atoms with Crippen LogP contribution in [0.5, 0.6) is 11.8 Å². The molecule has 5 heteroatoms. The zero-order valence-electron chi connectivity index (χ0n) is 13.4. The third-order valence-electron chi connectivity index (χ3n) is 4.69. The lowest BCUT2D eigenvalue weighted by atomic mass is 10.0. The van der Waals surface area contributed by atoms with E-state index in [0.29, 0.717) is 12.6 Å². The number of benzene rings is 1. The number of ether oxygens (including phenoxy) is 2. The molecule has 2 aliphatic rings. The second-order valence-electron chi connectivity index (χ2n) is 6.80. The first-order valence-electron chi connectivity index (χ1n) is 8.06. The fourth-order valence-corrected chi connectivity index (χ4v) is 3.33. The van der Waals surface area contributed by atoms with Crippen LogP contribution in [0.2, 0.25) is 0 Å². The van der Waals surface area contributed by atoms with Crippen molar-refractivity contribution in [3.63, 3.8) is 0 Å². The van der Waals surface area contributed by atoms with Crippen LogP contribution in [0.15, 0.2) is 35.3 Å². The molecule has 2 aromatic rings. The molecule has 120 valence electrons. The van der Waals surface area contributed by atoms with E-state index in [2.05, 4.69) is 17.1 Å². The van der Waals surface area contributed by atoms with Gasteiger partial charge in [0.05, 0.1) is 6.54 Å². The van der Waals surface area contributed by atoms with Gasteiger partial charge in [-0.15, -0.1) is 0 Å². The summed E-state index contributed by atoms with van der Waals surface area (Å²) < 4.78 is 13.9. The van der Waals surface area contributed by atoms with Crippen molar-refractivity contribution in [1.29, 1.82) is 0 Å². The van der Waals surface area contributed by atoms with Gasteiger partial charge in [0, 0.05) is 12.3 Å². The second kappa shape index (κ2) is 5.11. The summed E-state index contributed by atoms with van der Waals surface area (Å²) in [5.41, 5.74) is 2.02. The molecule has 5 nitrogen and oxygen atoms in total. The topological polar surface area (TPSA) is 53.4 Å². The second-order valence-corrected chi connectivity index (χ2v) is 6.80. The Morgan fingerprint density at radius 1 is 1.26 bits per heavy atom. The molecule has 0 saturated heterocycles. The smallest absolute Gasteiger partial charge is 0.300 e. The average Bonchev–Trinajstić information content (AvgIpc) is 3.12. The number of hydrogen-bond donors (Lipinski definition) is 0. The highest BCUT2D eigenvalue weighted by atomic mass is 16.6. The van der Waals surface area contributed by atoms with Crippen LogP contribution in [0.25, 0.3) is 0 Å². The molecule has 0 amide bonds. The van der Waals surface area contributed by atoms with E-state index >= 15 is 0 Å². The maximum Gasteiger partial charge on any atom is 0.300 e. The molecule has 1 aromatic heterocycles. The molecule has 0 fully saturated rings. The molecule has 0 spiro atoms. The van der Waals surface area contributed by atoms with Crippen molar-refractivity contribution in [3.05, 3.63) is 51.9 Å². The van der Waals surface area contributed by atoms with Gasteiger partial charge in [0.1, 0.15) is 11.4 Å². The highest BCUT2D eigenvalue weighted by molar-refractivity contribution is 5.38. The van der Waals surface area contributed by atoms with Crippen molar-refractivity contribution < 1.29 is 9.47 Å². The molecular weight excluding hydrogens is 292 g/mol. The minimum Gasteiger partial charge on any atom is -0.484 e. The minimum atomic E-state index is -0.524. The summed E-state index contributed by atoms with van der Waals surface area (Å²) in [5, 5.41) is 0. The fourth-order valence-electron chi connectivity index (χ4n) is 3.33. The van der Waals surface area contributed by atoms with Gasteiger partial charge in [-0.2, -0.15) is 4.98 Å². The standard InChI is InChI=1S/C18H20N2O3/c1-18(2,15-11-20-9-8-16(21)19-17(20)22-15)23-14-7-6-12-4-3-5-13(12)10-14/h6-10,15H,3-5,11H2,1-2H3/t15-/m1/s1. The Balaban J connectivity index is 1.53. The molecule has 0 N–H and O–H groups in total. The van der Waals surface area contributed by atoms with Crippen LogP contribution in [0, 0.1) is 0 Å². The number of fused-ring (bicyclic) bond motifs is 2. The first kappa shape index (κ1) is 14.3. The number of hydrogen-bond acceptors (Lipinski definition) is 4. The zero-order valence-corrected chi connectivity index (χ0v) is 13.4. The van der Waals surface area contributed by atoms with Crippen LogP contribution in [-0.4, -0.2) is 21.3 Å². The summed E-state index contributed by atoms with van der Waals surface area (Å²) >= 11 is 0. The maximum absolute atomic E-state index is 11.3. The van der Waals surface area contributed by atoms with E-state index in [1.165, 1.54) is 30.0 Å². The molecule has 2 heterocycles. The first-order valence-corrected chi connectivity index (χ1v) is 8.06. The quantitative estimate of drug-likeness (QED) is 0.873. The summed E-state index contributed by atoms with van der Waals surface area (Å²) in [5.74, 6) is 0.873. The summed E-state index contributed by atoms with van der Waals surface area (Å²) in [7, 11) is 0. The molecule has 1 aromatic carbocycles. The van der Waals surface area contributed by atoms with Crippen molar-refractivity contribution >= 4 is 0 Å². The Morgan fingerprint density at radius 2 is 2.09 bits per heavy atom. The summed E-state index contributed by atoms with van der Waals surface area (Å²) in [6.45, 7) is 4.64. The number of aromatic nitrogens is 2. The Hall–Kier alpha value is -2.30. The molecule has 0 radical (unpaired) electrons. The fraction of sp³-hybridized carbons (Fsp3) is 0.444. The van der Waals surface area contributed by atoms with Gasteiger partial charge in [0.15, 0.2) is 6.10 Å². The molecule has 0 bridgehead atoms. The van der Waals surface area contributed by atoms with Gasteiger partial charge in [-0.3, -0.25) is 9.36 Å². The minimum absolute atomic E-state index is 0.190. The molecule has 1 aliphatic heterocycles. The molecule has 0 saturated carbocycles. The molecule has 1 aliphatic carbocycles. The highest BCUT2D eigenvalue weighted by Gasteiger charge is 2.39. The van der Waals surface area contributed by atoms with Crippen molar-refractivity contribution in [3.8, 4) is 11.8 Å². The van der Waals surface area contributed by atoms with E-state index in [1.54, 1.807) is 6.20 Å². The van der Waals surface area contributed by atoms with Crippen LogP contribution < -0.4 is 15.0 Å². The Bertz CT molecular complexity index is 810. The van der Waals surface area contributed by atoms with Crippen LogP contribution in [0.1, 0.15) is 31.4 Å². The SMILES string of the molecule is CC(C)(Oc1ccc2c(c1)CCC2)[C@H]1Cn2ccc(=O)nc2O1. The number of nitrogens with zero attached hydrogens (tertiary/aromatic N) is 2.